The Morgan fingerprint density at radius 1 is 1.37 bits per heavy atom. The largest absolute Gasteiger partial charge is 0.493 e. The van der Waals surface area contributed by atoms with Gasteiger partial charge >= 0.3 is 5.97 Å². The summed E-state index contributed by atoms with van der Waals surface area (Å²) < 4.78 is 7.17. The van der Waals surface area contributed by atoms with Gasteiger partial charge in [0.2, 0.25) is 0 Å². The van der Waals surface area contributed by atoms with E-state index in [1.54, 1.807) is 0 Å². The maximum absolute atomic E-state index is 10.4. The summed E-state index contributed by atoms with van der Waals surface area (Å²) in [7, 11) is 1.90. The van der Waals surface area contributed by atoms with Crippen molar-refractivity contribution in [3.8, 4) is 16.9 Å². The van der Waals surface area contributed by atoms with Crippen molar-refractivity contribution in [3.05, 3.63) is 36.2 Å². The Labute approximate surface area is 111 Å². The van der Waals surface area contributed by atoms with Crippen LogP contribution in [0, 0.1) is 6.92 Å². The van der Waals surface area contributed by atoms with Crippen molar-refractivity contribution in [2.75, 3.05) is 6.61 Å². The van der Waals surface area contributed by atoms with E-state index in [0.29, 0.717) is 5.75 Å². The summed E-state index contributed by atoms with van der Waals surface area (Å²) in [6.45, 7) is 2.19. The number of carboxylic acids is 1. The second kappa shape index (κ2) is 5.56. The fourth-order valence-corrected chi connectivity index (χ4v) is 1.77. The van der Waals surface area contributed by atoms with Crippen molar-refractivity contribution in [3.63, 3.8) is 0 Å². The van der Waals surface area contributed by atoms with Gasteiger partial charge in [-0.2, -0.15) is 5.10 Å². The van der Waals surface area contributed by atoms with Crippen molar-refractivity contribution in [2.45, 2.75) is 13.3 Å². The number of aryl methyl sites for hydroxylation is 1. The smallest absolute Gasteiger partial charge is 0.306 e. The normalized spacial score (nSPS) is 10.4. The van der Waals surface area contributed by atoms with Crippen LogP contribution in [0.2, 0.25) is 0 Å². The Kier molecular flexibility index (Phi) is 3.85. The van der Waals surface area contributed by atoms with Crippen LogP contribution in [0.5, 0.6) is 5.75 Å². The molecule has 0 bridgehead atoms. The molecule has 5 nitrogen and oxygen atoms in total. The van der Waals surface area contributed by atoms with Crippen molar-refractivity contribution in [1.82, 2.24) is 9.78 Å². The Morgan fingerprint density at radius 2 is 2.05 bits per heavy atom. The molecule has 0 radical (unpaired) electrons. The molecule has 0 amide bonds. The third-order valence-corrected chi connectivity index (χ3v) is 2.99. The number of nitrogens with zero attached hydrogens (tertiary/aromatic N) is 2. The van der Waals surface area contributed by atoms with Crippen LogP contribution in [0.4, 0.5) is 0 Å². The molecule has 0 spiro atoms. The molecule has 0 aliphatic carbocycles. The van der Waals surface area contributed by atoms with Gasteiger partial charge in [0, 0.05) is 18.3 Å². The highest BCUT2D eigenvalue weighted by Gasteiger charge is 2.06. The van der Waals surface area contributed by atoms with E-state index >= 15 is 0 Å². The molecular weight excluding hydrogens is 244 g/mol. The van der Waals surface area contributed by atoms with E-state index in [9.17, 15) is 4.79 Å². The van der Waals surface area contributed by atoms with Crippen molar-refractivity contribution in [2.24, 2.45) is 7.05 Å². The third kappa shape index (κ3) is 3.13. The van der Waals surface area contributed by atoms with Crippen LogP contribution >= 0.6 is 0 Å². The predicted octanol–water partition coefficient (Wildman–Crippen LogP) is 2.25. The number of ether oxygens (including phenoxy) is 1. The fraction of sp³-hybridized carbons (Fsp3) is 0.286. The van der Waals surface area contributed by atoms with Crippen molar-refractivity contribution >= 4 is 5.97 Å². The number of hydrogen-bond donors (Lipinski definition) is 1. The standard InChI is InChI=1S/C14H16N2O3/c1-10-13(9-15-16(10)2)11-3-5-12(6-4-11)19-8-7-14(17)18/h3-6,9H,7-8H2,1-2H3,(H,17,18). The lowest BCUT2D eigenvalue weighted by Crippen LogP contribution is -2.04. The van der Waals surface area contributed by atoms with Gasteiger partial charge in [0.1, 0.15) is 5.75 Å². The Balaban J connectivity index is 2.06. The fourth-order valence-electron chi connectivity index (χ4n) is 1.77. The monoisotopic (exact) mass is 260 g/mol. The van der Waals surface area contributed by atoms with Gasteiger partial charge in [-0.25, -0.2) is 0 Å². The molecule has 1 aromatic heterocycles. The molecule has 100 valence electrons. The van der Waals surface area contributed by atoms with Gasteiger partial charge in [0.05, 0.1) is 19.2 Å². The van der Waals surface area contributed by atoms with E-state index in [1.165, 1.54) is 0 Å². The Bertz CT molecular complexity index is 573. The molecule has 0 saturated carbocycles. The third-order valence-electron chi connectivity index (χ3n) is 2.99. The lowest BCUT2D eigenvalue weighted by Gasteiger charge is -2.06. The van der Waals surface area contributed by atoms with Crippen LogP contribution in [0.25, 0.3) is 11.1 Å². The average molecular weight is 260 g/mol. The van der Waals surface area contributed by atoms with Crippen LogP contribution in [0.3, 0.4) is 0 Å². The quantitative estimate of drug-likeness (QED) is 0.895. The zero-order valence-corrected chi connectivity index (χ0v) is 11.0. The second-order valence-electron chi connectivity index (χ2n) is 4.28. The highest BCUT2D eigenvalue weighted by atomic mass is 16.5. The van der Waals surface area contributed by atoms with E-state index in [-0.39, 0.29) is 13.0 Å². The van der Waals surface area contributed by atoms with Gasteiger partial charge in [0.25, 0.3) is 0 Å². The van der Waals surface area contributed by atoms with Crippen LogP contribution in [0.15, 0.2) is 30.5 Å². The molecule has 0 aliphatic heterocycles. The maximum atomic E-state index is 10.4. The minimum absolute atomic E-state index is 0.00344. The molecule has 0 saturated heterocycles. The molecule has 0 atom stereocenters. The van der Waals surface area contributed by atoms with E-state index < -0.39 is 5.97 Å². The molecule has 1 aromatic carbocycles. The first kappa shape index (κ1) is 13.1. The highest BCUT2D eigenvalue weighted by Crippen LogP contribution is 2.24. The van der Waals surface area contributed by atoms with Gasteiger partial charge in [-0.05, 0) is 24.6 Å². The molecule has 2 rings (SSSR count). The summed E-state index contributed by atoms with van der Waals surface area (Å²) >= 11 is 0. The minimum Gasteiger partial charge on any atom is -0.493 e. The van der Waals surface area contributed by atoms with Crippen molar-refractivity contribution in [1.29, 1.82) is 0 Å². The molecular formula is C14H16N2O3. The first-order chi connectivity index (χ1) is 9.08. The molecule has 0 aliphatic rings. The summed E-state index contributed by atoms with van der Waals surface area (Å²) in [4.78, 5) is 10.4. The van der Waals surface area contributed by atoms with E-state index in [1.807, 2.05) is 49.1 Å². The summed E-state index contributed by atoms with van der Waals surface area (Å²) in [5, 5.41) is 12.7. The van der Waals surface area contributed by atoms with E-state index in [2.05, 4.69) is 5.10 Å². The molecule has 1 N–H and O–H groups in total. The van der Waals surface area contributed by atoms with Gasteiger partial charge in [-0.1, -0.05) is 12.1 Å². The maximum Gasteiger partial charge on any atom is 0.306 e. The number of carboxylic acid groups (broad SMARTS) is 1. The lowest BCUT2D eigenvalue weighted by molar-refractivity contribution is -0.137. The van der Waals surface area contributed by atoms with Gasteiger partial charge in [0.15, 0.2) is 0 Å². The Morgan fingerprint density at radius 3 is 2.58 bits per heavy atom. The number of carbonyl (C=O) groups is 1. The first-order valence-electron chi connectivity index (χ1n) is 6.01. The van der Waals surface area contributed by atoms with Crippen LogP contribution in [0.1, 0.15) is 12.1 Å². The van der Waals surface area contributed by atoms with Crippen LogP contribution < -0.4 is 4.74 Å². The van der Waals surface area contributed by atoms with E-state index in [0.717, 1.165) is 16.8 Å². The SMILES string of the molecule is Cc1c(-c2ccc(OCCC(=O)O)cc2)cnn1C. The lowest BCUT2D eigenvalue weighted by atomic mass is 10.1. The Hall–Kier alpha value is -2.30. The van der Waals surface area contributed by atoms with Gasteiger partial charge < -0.3 is 9.84 Å². The molecule has 2 aromatic rings. The average Bonchev–Trinajstić information content (AvgIpc) is 2.71. The zero-order valence-electron chi connectivity index (χ0n) is 11.0. The molecule has 0 fully saturated rings. The molecule has 0 unspecified atom stereocenters. The summed E-state index contributed by atoms with van der Waals surface area (Å²) in [6, 6.07) is 7.56. The summed E-state index contributed by atoms with van der Waals surface area (Å²) in [5.74, 6) is -0.186. The number of benzene rings is 1. The predicted molar refractivity (Wildman–Crippen MR) is 71.1 cm³/mol. The van der Waals surface area contributed by atoms with E-state index in [4.69, 9.17) is 9.84 Å². The zero-order chi connectivity index (χ0) is 13.8. The number of aromatic nitrogens is 2. The second-order valence-corrected chi connectivity index (χ2v) is 4.28. The summed E-state index contributed by atoms with van der Waals surface area (Å²) in [5.41, 5.74) is 3.25. The molecule has 19 heavy (non-hydrogen) atoms. The molecule has 5 heteroatoms. The topological polar surface area (TPSA) is 64.3 Å². The minimum atomic E-state index is -0.859. The molecule has 1 heterocycles. The number of hydrogen-bond acceptors (Lipinski definition) is 3. The number of rotatable bonds is 5. The van der Waals surface area contributed by atoms with Gasteiger partial charge in [-0.3, -0.25) is 9.48 Å². The number of aliphatic carboxylic acids is 1. The van der Waals surface area contributed by atoms with Gasteiger partial charge in [-0.15, -0.1) is 0 Å². The first-order valence-corrected chi connectivity index (χ1v) is 6.01. The summed E-state index contributed by atoms with van der Waals surface area (Å²) in [6.07, 6.45) is 1.83. The van der Waals surface area contributed by atoms with Crippen LogP contribution in [-0.4, -0.2) is 27.5 Å². The van der Waals surface area contributed by atoms with Crippen molar-refractivity contribution < 1.29 is 14.6 Å². The highest BCUT2D eigenvalue weighted by molar-refractivity contribution is 5.67. The van der Waals surface area contributed by atoms with Crippen LogP contribution in [-0.2, 0) is 11.8 Å².